The SMILES string of the molecule is CN1CCN(C(=O)Cn2c(-c3ccccc3)c(-c3ccccc3)c3cc(C(=O)O)cnc32)CC1. The molecule has 5 rings (SSSR count). The molecule has 0 spiro atoms. The summed E-state index contributed by atoms with van der Waals surface area (Å²) in [6, 6.07) is 21.4. The third-order valence-electron chi connectivity index (χ3n) is 6.40. The maximum Gasteiger partial charge on any atom is 0.337 e. The Labute approximate surface area is 197 Å². The molecule has 0 unspecified atom stereocenters. The van der Waals surface area contributed by atoms with Gasteiger partial charge < -0.3 is 19.5 Å². The van der Waals surface area contributed by atoms with Crippen LogP contribution in [0.2, 0.25) is 0 Å². The van der Waals surface area contributed by atoms with Crippen LogP contribution in [0.1, 0.15) is 10.4 Å². The number of carboxylic acids is 1. The highest BCUT2D eigenvalue weighted by Gasteiger charge is 2.26. The number of aromatic carboxylic acids is 1. The first-order valence-corrected chi connectivity index (χ1v) is 11.4. The fourth-order valence-corrected chi connectivity index (χ4v) is 4.58. The summed E-state index contributed by atoms with van der Waals surface area (Å²) in [5.74, 6) is -0.998. The number of amides is 1. The van der Waals surface area contributed by atoms with Crippen molar-refractivity contribution in [1.82, 2.24) is 19.4 Å². The first-order valence-electron chi connectivity index (χ1n) is 11.4. The number of hydrogen-bond acceptors (Lipinski definition) is 4. The Morgan fingerprint density at radius 1 is 0.912 bits per heavy atom. The van der Waals surface area contributed by atoms with E-state index in [-0.39, 0.29) is 18.0 Å². The van der Waals surface area contributed by atoms with Gasteiger partial charge >= 0.3 is 5.97 Å². The van der Waals surface area contributed by atoms with E-state index in [0.29, 0.717) is 18.7 Å². The third kappa shape index (κ3) is 4.06. The topological polar surface area (TPSA) is 78.7 Å². The molecule has 3 heterocycles. The van der Waals surface area contributed by atoms with Gasteiger partial charge in [-0.25, -0.2) is 9.78 Å². The van der Waals surface area contributed by atoms with Crippen LogP contribution in [0.3, 0.4) is 0 Å². The van der Waals surface area contributed by atoms with Crippen molar-refractivity contribution in [1.29, 1.82) is 0 Å². The highest BCUT2D eigenvalue weighted by Crippen LogP contribution is 2.40. The predicted octanol–water partition coefficient (Wildman–Crippen LogP) is 3.84. The summed E-state index contributed by atoms with van der Waals surface area (Å²) < 4.78 is 1.94. The van der Waals surface area contributed by atoms with Gasteiger partial charge in [-0.1, -0.05) is 60.7 Å². The molecule has 1 fully saturated rings. The zero-order valence-corrected chi connectivity index (χ0v) is 19.0. The Balaban J connectivity index is 1.73. The summed E-state index contributed by atoms with van der Waals surface area (Å²) in [4.78, 5) is 33.8. The standard InChI is InChI=1S/C27H26N4O3/c1-29-12-14-30(15-13-29)23(32)18-31-25(20-10-6-3-7-11-20)24(19-8-4-2-5-9-19)22-16-21(27(33)34)17-28-26(22)31/h2-11,16-17H,12-15,18H2,1H3,(H,33,34). The van der Waals surface area contributed by atoms with E-state index >= 15 is 0 Å². The number of nitrogens with zero attached hydrogens (tertiary/aromatic N) is 4. The number of carbonyl (C=O) groups is 2. The van der Waals surface area contributed by atoms with Gasteiger partial charge in [-0.05, 0) is 24.2 Å². The maximum atomic E-state index is 13.4. The minimum atomic E-state index is -1.03. The molecule has 1 N–H and O–H groups in total. The molecular weight excluding hydrogens is 428 g/mol. The molecule has 0 radical (unpaired) electrons. The molecule has 1 amide bonds. The molecule has 1 aliphatic rings. The van der Waals surface area contributed by atoms with Crippen molar-refractivity contribution >= 4 is 22.9 Å². The lowest BCUT2D eigenvalue weighted by Gasteiger charge is -2.32. The van der Waals surface area contributed by atoms with Crippen LogP contribution in [-0.4, -0.2) is 69.6 Å². The van der Waals surface area contributed by atoms with Crippen molar-refractivity contribution < 1.29 is 14.7 Å². The molecule has 172 valence electrons. The Bertz CT molecular complexity index is 1340. The fourth-order valence-electron chi connectivity index (χ4n) is 4.58. The number of carbonyl (C=O) groups excluding carboxylic acids is 1. The molecule has 7 nitrogen and oxygen atoms in total. The van der Waals surface area contributed by atoms with Crippen molar-refractivity contribution in [2.24, 2.45) is 0 Å². The molecule has 1 saturated heterocycles. The molecule has 4 aromatic rings. The van der Waals surface area contributed by atoms with Crippen molar-refractivity contribution in [2.75, 3.05) is 33.2 Å². The molecule has 0 bridgehead atoms. The first-order chi connectivity index (χ1) is 16.5. The summed E-state index contributed by atoms with van der Waals surface area (Å²) in [6.45, 7) is 3.21. The van der Waals surface area contributed by atoms with E-state index in [1.807, 2.05) is 70.1 Å². The quantitative estimate of drug-likeness (QED) is 0.496. The van der Waals surface area contributed by atoms with Crippen LogP contribution in [-0.2, 0) is 11.3 Å². The van der Waals surface area contributed by atoms with E-state index in [0.717, 1.165) is 40.9 Å². The van der Waals surface area contributed by atoms with E-state index in [1.54, 1.807) is 6.07 Å². The Kier molecular flexibility index (Phi) is 5.86. The summed E-state index contributed by atoms with van der Waals surface area (Å²) in [6.07, 6.45) is 1.37. The van der Waals surface area contributed by atoms with Crippen molar-refractivity contribution in [2.45, 2.75) is 6.54 Å². The van der Waals surface area contributed by atoms with Crippen molar-refractivity contribution in [3.8, 4) is 22.4 Å². The average molecular weight is 455 g/mol. The van der Waals surface area contributed by atoms with E-state index in [2.05, 4.69) is 16.9 Å². The maximum absolute atomic E-state index is 13.4. The lowest BCUT2D eigenvalue weighted by Crippen LogP contribution is -2.48. The molecule has 2 aromatic heterocycles. The summed E-state index contributed by atoms with van der Waals surface area (Å²) >= 11 is 0. The van der Waals surface area contributed by atoms with Gasteiger partial charge in [0, 0.05) is 43.3 Å². The van der Waals surface area contributed by atoms with Crippen LogP contribution < -0.4 is 0 Å². The minimum absolute atomic E-state index is 0.0332. The van der Waals surface area contributed by atoms with Gasteiger partial charge in [0.25, 0.3) is 0 Å². The smallest absolute Gasteiger partial charge is 0.337 e. The molecule has 0 atom stereocenters. The monoisotopic (exact) mass is 454 g/mol. The number of fused-ring (bicyclic) bond motifs is 1. The molecule has 0 saturated carbocycles. The van der Waals surface area contributed by atoms with Gasteiger partial charge in [-0.15, -0.1) is 0 Å². The normalized spacial score (nSPS) is 14.4. The number of carboxylic acid groups (broad SMARTS) is 1. The number of rotatable bonds is 5. The number of piperazine rings is 1. The lowest BCUT2D eigenvalue weighted by atomic mass is 9.98. The second-order valence-corrected chi connectivity index (χ2v) is 8.63. The number of benzene rings is 2. The van der Waals surface area contributed by atoms with Gasteiger partial charge in [-0.2, -0.15) is 0 Å². The summed E-state index contributed by atoms with van der Waals surface area (Å²) in [5, 5.41) is 10.3. The van der Waals surface area contributed by atoms with E-state index < -0.39 is 5.97 Å². The zero-order valence-electron chi connectivity index (χ0n) is 19.0. The van der Waals surface area contributed by atoms with Crippen LogP contribution in [0.4, 0.5) is 0 Å². The second kappa shape index (κ2) is 9.11. The van der Waals surface area contributed by atoms with Gasteiger partial charge in [0.15, 0.2) is 0 Å². The minimum Gasteiger partial charge on any atom is -0.478 e. The Morgan fingerprint density at radius 2 is 1.53 bits per heavy atom. The van der Waals surface area contributed by atoms with Crippen molar-refractivity contribution in [3.63, 3.8) is 0 Å². The lowest BCUT2D eigenvalue weighted by molar-refractivity contribution is -0.133. The van der Waals surface area contributed by atoms with Crippen molar-refractivity contribution in [3.05, 3.63) is 78.5 Å². The Morgan fingerprint density at radius 3 is 2.15 bits per heavy atom. The van der Waals surface area contributed by atoms with Crippen LogP contribution in [0.5, 0.6) is 0 Å². The van der Waals surface area contributed by atoms with Gasteiger partial charge in [0.2, 0.25) is 5.91 Å². The fraction of sp³-hybridized carbons (Fsp3) is 0.222. The molecule has 34 heavy (non-hydrogen) atoms. The van der Waals surface area contributed by atoms with Gasteiger partial charge in [0.05, 0.1) is 11.3 Å². The van der Waals surface area contributed by atoms with Crippen LogP contribution in [0, 0.1) is 0 Å². The largest absolute Gasteiger partial charge is 0.478 e. The van der Waals surface area contributed by atoms with Gasteiger partial charge in [-0.3, -0.25) is 4.79 Å². The highest BCUT2D eigenvalue weighted by atomic mass is 16.4. The zero-order chi connectivity index (χ0) is 23.7. The third-order valence-corrected chi connectivity index (χ3v) is 6.40. The van der Waals surface area contributed by atoms with E-state index in [9.17, 15) is 14.7 Å². The predicted molar refractivity (Wildman–Crippen MR) is 132 cm³/mol. The molecule has 7 heteroatoms. The Hall–Kier alpha value is -3.97. The molecule has 1 aliphatic heterocycles. The molecule has 2 aromatic carbocycles. The second-order valence-electron chi connectivity index (χ2n) is 8.63. The van der Waals surface area contributed by atoms with E-state index in [4.69, 9.17) is 0 Å². The van der Waals surface area contributed by atoms with E-state index in [1.165, 1.54) is 6.20 Å². The van der Waals surface area contributed by atoms with Crippen LogP contribution >= 0.6 is 0 Å². The molecule has 0 aliphatic carbocycles. The summed E-state index contributed by atoms with van der Waals surface area (Å²) in [7, 11) is 2.06. The summed E-state index contributed by atoms with van der Waals surface area (Å²) in [5.41, 5.74) is 4.35. The first kappa shape index (κ1) is 21.9. The molecular formula is C27H26N4O3. The number of hydrogen-bond donors (Lipinski definition) is 1. The number of pyridine rings is 1. The average Bonchev–Trinajstić information content (AvgIpc) is 3.18. The number of aromatic nitrogens is 2. The van der Waals surface area contributed by atoms with Gasteiger partial charge in [0.1, 0.15) is 12.2 Å². The van der Waals surface area contributed by atoms with Crippen LogP contribution in [0.25, 0.3) is 33.4 Å². The van der Waals surface area contributed by atoms with Crippen LogP contribution in [0.15, 0.2) is 72.9 Å². The number of likely N-dealkylation sites (N-methyl/N-ethyl adjacent to an activating group) is 1. The highest BCUT2D eigenvalue weighted by molar-refractivity contribution is 6.06.